The van der Waals surface area contributed by atoms with Crippen molar-refractivity contribution in [2.75, 3.05) is 19.8 Å². The molecule has 0 radical (unpaired) electrons. The van der Waals surface area contributed by atoms with Gasteiger partial charge in [-0.05, 0) is 30.2 Å². The second-order valence-electron chi connectivity index (χ2n) is 7.96. The number of carbonyl (C=O) groups is 1. The summed E-state index contributed by atoms with van der Waals surface area (Å²) in [4.78, 5) is 28.6. The Morgan fingerprint density at radius 2 is 1.97 bits per heavy atom. The van der Waals surface area contributed by atoms with Crippen LogP contribution in [-0.4, -0.2) is 51.6 Å². The van der Waals surface area contributed by atoms with E-state index >= 15 is 0 Å². The van der Waals surface area contributed by atoms with E-state index in [9.17, 15) is 9.18 Å². The summed E-state index contributed by atoms with van der Waals surface area (Å²) in [7, 11) is 0. The SMILES string of the molecule is Cc1nc(C(=O)N2CCOC[C@H]2Cc2ncc(-c3ccccc3)[nH]2)c(-c2ccc(F)cc2)s1. The Labute approximate surface area is 195 Å². The molecule has 8 heteroatoms. The Morgan fingerprint density at radius 3 is 2.76 bits per heavy atom. The molecule has 1 aliphatic rings. The highest BCUT2D eigenvalue weighted by atomic mass is 32.1. The van der Waals surface area contributed by atoms with Crippen molar-refractivity contribution in [2.24, 2.45) is 0 Å². The summed E-state index contributed by atoms with van der Waals surface area (Å²) in [5.74, 6) is 0.353. The molecule has 3 heterocycles. The number of thiazole rings is 1. The second-order valence-corrected chi connectivity index (χ2v) is 9.16. The number of aromatic amines is 1. The van der Waals surface area contributed by atoms with Gasteiger partial charge in [0, 0.05) is 13.0 Å². The summed E-state index contributed by atoms with van der Waals surface area (Å²) < 4.78 is 19.1. The Bertz CT molecular complexity index is 1250. The first-order valence-corrected chi connectivity index (χ1v) is 11.6. The predicted octanol–water partition coefficient (Wildman–Crippen LogP) is 4.73. The second kappa shape index (κ2) is 9.25. The number of nitrogens with one attached hydrogen (secondary N) is 1. The molecule has 0 aliphatic carbocycles. The Balaban J connectivity index is 1.39. The molecule has 1 fully saturated rings. The molecule has 1 N–H and O–H groups in total. The van der Waals surface area contributed by atoms with E-state index in [4.69, 9.17) is 4.74 Å². The molecule has 2 aromatic heterocycles. The largest absolute Gasteiger partial charge is 0.377 e. The van der Waals surface area contributed by atoms with Crippen molar-refractivity contribution in [1.29, 1.82) is 0 Å². The van der Waals surface area contributed by atoms with E-state index in [1.807, 2.05) is 48.4 Å². The number of ether oxygens (including phenoxy) is 1. The number of rotatable bonds is 5. The zero-order valence-electron chi connectivity index (χ0n) is 18.1. The lowest BCUT2D eigenvalue weighted by Gasteiger charge is -2.35. The lowest BCUT2D eigenvalue weighted by atomic mass is 10.1. The molecule has 0 unspecified atom stereocenters. The van der Waals surface area contributed by atoms with Gasteiger partial charge in [-0.1, -0.05) is 42.5 Å². The molecule has 1 saturated heterocycles. The van der Waals surface area contributed by atoms with Gasteiger partial charge in [0.1, 0.15) is 17.3 Å². The van der Waals surface area contributed by atoms with E-state index in [2.05, 4.69) is 15.0 Å². The molecule has 0 saturated carbocycles. The van der Waals surface area contributed by atoms with Crippen molar-refractivity contribution in [2.45, 2.75) is 19.4 Å². The van der Waals surface area contributed by atoms with Crippen LogP contribution >= 0.6 is 11.3 Å². The number of hydrogen-bond donors (Lipinski definition) is 1. The number of morpholine rings is 1. The third kappa shape index (κ3) is 4.58. The molecule has 0 spiro atoms. The van der Waals surface area contributed by atoms with Crippen LogP contribution in [-0.2, 0) is 11.2 Å². The topological polar surface area (TPSA) is 71.1 Å². The van der Waals surface area contributed by atoms with E-state index < -0.39 is 0 Å². The van der Waals surface area contributed by atoms with E-state index in [0.717, 1.165) is 32.5 Å². The molecular formula is C25H23FN4O2S. The van der Waals surface area contributed by atoms with Gasteiger partial charge in [0.2, 0.25) is 0 Å². The van der Waals surface area contributed by atoms with Gasteiger partial charge >= 0.3 is 0 Å². The molecule has 2 aromatic carbocycles. The molecular weight excluding hydrogens is 439 g/mol. The number of halogens is 1. The smallest absolute Gasteiger partial charge is 0.274 e. The fraction of sp³-hybridized carbons (Fsp3) is 0.240. The number of amides is 1. The number of aryl methyl sites for hydroxylation is 1. The molecule has 5 rings (SSSR count). The van der Waals surface area contributed by atoms with Crippen LogP contribution in [0.1, 0.15) is 21.3 Å². The van der Waals surface area contributed by atoms with Crippen LogP contribution in [0.2, 0.25) is 0 Å². The summed E-state index contributed by atoms with van der Waals surface area (Å²) in [6.45, 7) is 3.27. The first-order valence-electron chi connectivity index (χ1n) is 10.8. The molecule has 1 atom stereocenters. The fourth-order valence-corrected chi connectivity index (χ4v) is 4.97. The van der Waals surface area contributed by atoms with E-state index in [0.29, 0.717) is 31.9 Å². The lowest BCUT2D eigenvalue weighted by molar-refractivity contribution is -0.00233. The lowest BCUT2D eigenvalue weighted by Crippen LogP contribution is -2.50. The normalized spacial score (nSPS) is 16.2. The minimum absolute atomic E-state index is 0.137. The highest BCUT2D eigenvalue weighted by Gasteiger charge is 2.32. The molecule has 33 heavy (non-hydrogen) atoms. The third-order valence-electron chi connectivity index (χ3n) is 5.67. The van der Waals surface area contributed by atoms with Gasteiger partial charge in [-0.25, -0.2) is 14.4 Å². The van der Waals surface area contributed by atoms with Gasteiger partial charge in [-0.3, -0.25) is 4.79 Å². The molecule has 4 aromatic rings. The van der Waals surface area contributed by atoms with Crippen molar-refractivity contribution in [3.8, 4) is 21.7 Å². The summed E-state index contributed by atoms with van der Waals surface area (Å²) in [5, 5.41) is 0.793. The van der Waals surface area contributed by atoms with Gasteiger partial charge in [0.05, 0.1) is 41.0 Å². The van der Waals surface area contributed by atoms with Gasteiger partial charge in [0.15, 0.2) is 0 Å². The number of benzene rings is 2. The van der Waals surface area contributed by atoms with Gasteiger partial charge in [0.25, 0.3) is 5.91 Å². The quantitative estimate of drug-likeness (QED) is 0.465. The highest BCUT2D eigenvalue weighted by Crippen LogP contribution is 2.32. The molecule has 1 aliphatic heterocycles. The minimum Gasteiger partial charge on any atom is -0.377 e. The van der Waals surface area contributed by atoms with Crippen LogP contribution in [0.4, 0.5) is 4.39 Å². The average Bonchev–Trinajstić information content (AvgIpc) is 3.47. The first kappa shape index (κ1) is 21.5. The summed E-state index contributed by atoms with van der Waals surface area (Å²) >= 11 is 1.44. The van der Waals surface area contributed by atoms with Crippen molar-refractivity contribution >= 4 is 17.2 Å². The van der Waals surface area contributed by atoms with Crippen molar-refractivity contribution in [3.05, 3.63) is 83.1 Å². The third-order valence-corrected chi connectivity index (χ3v) is 6.69. The molecule has 168 valence electrons. The molecule has 1 amide bonds. The molecule has 6 nitrogen and oxygen atoms in total. The zero-order valence-corrected chi connectivity index (χ0v) is 18.9. The van der Waals surface area contributed by atoms with Gasteiger partial charge in [-0.2, -0.15) is 0 Å². The Hall–Kier alpha value is -3.36. The Kier molecular flexibility index (Phi) is 6.02. The fourth-order valence-electron chi connectivity index (χ4n) is 4.05. The Morgan fingerprint density at radius 1 is 1.18 bits per heavy atom. The van der Waals surface area contributed by atoms with Crippen molar-refractivity contribution < 1.29 is 13.9 Å². The number of carbonyl (C=O) groups excluding carboxylic acids is 1. The van der Waals surface area contributed by atoms with Crippen LogP contribution in [0.25, 0.3) is 21.7 Å². The van der Waals surface area contributed by atoms with Crippen LogP contribution in [0.15, 0.2) is 60.8 Å². The number of hydrogen-bond acceptors (Lipinski definition) is 5. The van der Waals surface area contributed by atoms with Crippen LogP contribution in [0.3, 0.4) is 0 Å². The van der Waals surface area contributed by atoms with Crippen LogP contribution in [0.5, 0.6) is 0 Å². The number of H-pyrrole nitrogens is 1. The standard InChI is InChI=1S/C25H23FN4O2S/c1-16-28-23(24(33-16)18-7-9-19(26)10-8-18)25(31)30-11-12-32-15-20(30)13-22-27-14-21(29-22)17-5-3-2-4-6-17/h2-10,14,20H,11-13,15H2,1H3,(H,27,29)/t20-/m1/s1. The maximum Gasteiger partial charge on any atom is 0.274 e. The summed E-state index contributed by atoms with van der Waals surface area (Å²) in [5.41, 5.74) is 3.19. The van der Waals surface area contributed by atoms with E-state index in [-0.39, 0.29) is 17.8 Å². The van der Waals surface area contributed by atoms with Crippen molar-refractivity contribution in [1.82, 2.24) is 19.9 Å². The van der Waals surface area contributed by atoms with Crippen LogP contribution < -0.4 is 0 Å². The number of imidazole rings is 1. The minimum atomic E-state index is -0.311. The summed E-state index contributed by atoms with van der Waals surface area (Å²) in [6, 6.07) is 16.0. The first-order chi connectivity index (χ1) is 16.1. The maximum atomic E-state index is 13.6. The highest BCUT2D eigenvalue weighted by molar-refractivity contribution is 7.15. The predicted molar refractivity (Wildman–Crippen MR) is 126 cm³/mol. The zero-order chi connectivity index (χ0) is 22.8. The monoisotopic (exact) mass is 462 g/mol. The maximum absolute atomic E-state index is 13.6. The number of aromatic nitrogens is 3. The number of nitrogens with zero attached hydrogens (tertiary/aromatic N) is 3. The van der Waals surface area contributed by atoms with Gasteiger partial charge < -0.3 is 14.6 Å². The molecule has 0 bridgehead atoms. The van der Waals surface area contributed by atoms with Crippen LogP contribution in [0, 0.1) is 12.7 Å². The van der Waals surface area contributed by atoms with E-state index in [1.165, 1.54) is 23.5 Å². The summed E-state index contributed by atoms with van der Waals surface area (Å²) in [6.07, 6.45) is 2.37. The average molecular weight is 463 g/mol. The van der Waals surface area contributed by atoms with E-state index in [1.54, 1.807) is 12.1 Å². The van der Waals surface area contributed by atoms with Crippen molar-refractivity contribution in [3.63, 3.8) is 0 Å². The van der Waals surface area contributed by atoms with Gasteiger partial charge in [-0.15, -0.1) is 11.3 Å².